The molecule has 2 rings (SSSR count). The Kier molecular flexibility index (Phi) is 4.24. The number of hydrogen-bond acceptors (Lipinski definition) is 4. The second kappa shape index (κ2) is 6.10. The van der Waals surface area contributed by atoms with E-state index in [9.17, 15) is 4.79 Å². The molecular formula is C14H17N3O3. The average molecular weight is 275 g/mol. The van der Waals surface area contributed by atoms with Crippen molar-refractivity contribution in [1.82, 2.24) is 9.78 Å². The summed E-state index contributed by atoms with van der Waals surface area (Å²) in [5.74, 6) is 1.03. The summed E-state index contributed by atoms with van der Waals surface area (Å²) in [7, 11) is 3.12. The molecule has 0 aliphatic rings. The van der Waals surface area contributed by atoms with Gasteiger partial charge < -0.3 is 14.8 Å². The average Bonchev–Trinajstić information content (AvgIpc) is 3.00. The van der Waals surface area contributed by atoms with E-state index in [1.54, 1.807) is 62.5 Å². The van der Waals surface area contributed by atoms with Crippen molar-refractivity contribution in [3.05, 3.63) is 36.7 Å². The predicted octanol–water partition coefficient (Wildman–Crippen LogP) is 2.10. The fourth-order valence-electron chi connectivity index (χ4n) is 1.79. The lowest BCUT2D eigenvalue weighted by Gasteiger charge is -2.14. The van der Waals surface area contributed by atoms with Gasteiger partial charge in [0.05, 0.1) is 14.2 Å². The molecule has 20 heavy (non-hydrogen) atoms. The van der Waals surface area contributed by atoms with Gasteiger partial charge in [-0.25, -0.2) is 0 Å². The minimum Gasteiger partial charge on any atom is -0.493 e. The van der Waals surface area contributed by atoms with Gasteiger partial charge in [0.25, 0.3) is 0 Å². The lowest BCUT2D eigenvalue weighted by Crippen LogP contribution is -2.23. The van der Waals surface area contributed by atoms with Crippen LogP contribution in [0.15, 0.2) is 36.7 Å². The molecule has 0 fully saturated rings. The molecule has 6 nitrogen and oxygen atoms in total. The van der Waals surface area contributed by atoms with Crippen LogP contribution in [0.1, 0.15) is 13.0 Å². The van der Waals surface area contributed by atoms with Crippen molar-refractivity contribution in [2.24, 2.45) is 0 Å². The number of carbonyl (C=O) groups excluding carboxylic acids is 1. The number of ether oxygens (including phenoxy) is 2. The number of carbonyl (C=O) groups is 1. The maximum atomic E-state index is 12.1. The normalized spacial score (nSPS) is 11.8. The molecule has 1 atom stereocenters. The van der Waals surface area contributed by atoms with E-state index < -0.39 is 6.04 Å². The van der Waals surface area contributed by atoms with Gasteiger partial charge in [-0.05, 0) is 25.1 Å². The van der Waals surface area contributed by atoms with Gasteiger partial charge in [0, 0.05) is 24.1 Å². The Hall–Kier alpha value is -2.50. The Bertz CT molecular complexity index is 581. The molecule has 1 N–H and O–H groups in total. The number of nitrogens with one attached hydrogen (secondary N) is 1. The quantitative estimate of drug-likeness (QED) is 0.907. The number of anilines is 1. The first-order chi connectivity index (χ1) is 9.65. The molecule has 1 unspecified atom stereocenters. The van der Waals surface area contributed by atoms with Crippen molar-refractivity contribution < 1.29 is 14.3 Å². The molecule has 0 aliphatic heterocycles. The van der Waals surface area contributed by atoms with Crippen LogP contribution < -0.4 is 14.8 Å². The highest BCUT2D eigenvalue weighted by molar-refractivity contribution is 5.93. The van der Waals surface area contributed by atoms with E-state index in [0.29, 0.717) is 17.2 Å². The third-order valence-electron chi connectivity index (χ3n) is 2.95. The lowest BCUT2D eigenvalue weighted by atomic mass is 10.2. The first-order valence-corrected chi connectivity index (χ1v) is 6.17. The Morgan fingerprint density at radius 1 is 1.30 bits per heavy atom. The van der Waals surface area contributed by atoms with E-state index in [-0.39, 0.29) is 5.91 Å². The maximum absolute atomic E-state index is 12.1. The molecule has 106 valence electrons. The molecule has 1 heterocycles. The third kappa shape index (κ3) is 2.90. The van der Waals surface area contributed by atoms with Crippen LogP contribution in [0.5, 0.6) is 11.5 Å². The zero-order chi connectivity index (χ0) is 14.5. The number of amides is 1. The van der Waals surface area contributed by atoms with Gasteiger partial charge in [-0.2, -0.15) is 5.10 Å². The van der Waals surface area contributed by atoms with Crippen molar-refractivity contribution in [3.63, 3.8) is 0 Å². The van der Waals surface area contributed by atoms with E-state index >= 15 is 0 Å². The molecule has 1 amide bonds. The van der Waals surface area contributed by atoms with Crippen LogP contribution >= 0.6 is 0 Å². The SMILES string of the molecule is COc1ccc(NC(=O)C(C)n2cccn2)cc1OC. The number of rotatable bonds is 5. The molecular weight excluding hydrogens is 258 g/mol. The van der Waals surface area contributed by atoms with Gasteiger partial charge >= 0.3 is 0 Å². The molecule has 6 heteroatoms. The summed E-state index contributed by atoms with van der Waals surface area (Å²) < 4.78 is 11.9. The molecule has 0 spiro atoms. The Morgan fingerprint density at radius 3 is 2.65 bits per heavy atom. The fraction of sp³-hybridized carbons (Fsp3) is 0.286. The number of nitrogens with zero attached hydrogens (tertiary/aromatic N) is 2. The summed E-state index contributed by atoms with van der Waals surface area (Å²) in [4.78, 5) is 12.1. The zero-order valence-corrected chi connectivity index (χ0v) is 11.7. The van der Waals surface area contributed by atoms with Gasteiger partial charge in [-0.15, -0.1) is 0 Å². The Morgan fingerprint density at radius 2 is 2.05 bits per heavy atom. The van der Waals surface area contributed by atoms with Crippen LogP contribution in [0.4, 0.5) is 5.69 Å². The molecule has 0 radical (unpaired) electrons. The molecule has 0 saturated carbocycles. The molecule has 0 saturated heterocycles. The van der Waals surface area contributed by atoms with Crippen molar-refractivity contribution in [2.75, 3.05) is 19.5 Å². The maximum Gasteiger partial charge on any atom is 0.248 e. The minimum atomic E-state index is -0.391. The van der Waals surface area contributed by atoms with Gasteiger partial charge in [0.15, 0.2) is 11.5 Å². The van der Waals surface area contributed by atoms with E-state index in [0.717, 1.165) is 0 Å². The minimum absolute atomic E-state index is 0.152. The Balaban J connectivity index is 2.11. The highest BCUT2D eigenvalue weighted by atomic mass is 16.5. The summed E-state index contributed by atoms with van der Waals surface area (Å²) in [6.07, 6.45) is 3.39. The van der Waals surface area contributed by atoms with E-state index in [1.807, 2.05) is 0 Å². The highest BCUT2D eigenvalue weighted by Gasteiger charge is 2.15. The van der Waals surface area contributed by atoms with Crippen LogP contribution in [0.25, 0.3) is 0 Å². The van der Waals surface area contributed by atoms with Crippen LogP contribution in [-0.2, 0) is 4.79 Å². The standard InChI is InChI=1S/C14H17N3O3/c1-10(17-8-4-7-15-17)14(18)16-11-5-6-12(19-2)13(9-11)20-3/h4-10H,1-3H3,(H,16,18). The number of aromatic nitrogens is 2. The number of benzene rings is 1. The lowest BCUT2D eigenvalue weighted by molar-refractivity contribution is -0.119. The van der Waals surface area contributed by atoms with Crippen molar-refractivity contribution in [1.29, 1.82) is 0 Å². The van der Waals surface area contributed by atoms with Crippen LogP contribution in [0.2, 0.25) is 0 Å². The second-order valence-electron chi connectivity index (χ2n) is 4.22. The van der Waals surface area contributed by atoms with Crippen molar-refractivity contribution >= 4 is 11.6 Å². The third-order valence-corrected chi connectivity index (χ3v) is 2.95. The van der Waals surface area contributed by atoms with Crippen LogP contribution in [0.3, 0.4) is 0 Å². The fourth-order valence-corrected chi connectivity index (χ4v) is 1.79. The summed E-state index contributed by atoms with van der Waals surface area (Å²) in [5, 5.41) is 6.87. The topological polar surface area (TPSA) is 65.4 Å². The largest absolute Gasteiger partial charge is 0.493 e. The predicted molar refractivity (Wildman–Crippen MR) is 75.1 cm³/mol. The number of methoxy groups -OCH3 is 2. The highest BCUT2D eigenvalue weighted by Crippen LogP contribution is 2.29. The summed E-state index contributed by atoms with van der Waals surface area (Å²) in [6.45, 7) is 1.78. The first-order valence-electron chi connectivity index (χ1n) is 6.17. The molecule has 1 aromatic carbocycles. The summed E-state index contributed by atoms with van der Waals surface area (Å²) in [5.41, 5.74) is 0.645. The first kappa shape index (κ1) is 13.9. The molecule has 1 aromatic heterocycles. The van der Waals surface area contributed by atoms with Crippen molar-refractivity contribution in [3.8, 4) is 11.5 Å². The zero-order valence-electron chi connectivity index (χ0n) is 11.7. The van der Waals surface area contributed by atoms with E-state index in [4.69, 9.17) is 9.47 Å². The molecule has 0 bridgehead atoms. The second-order valence-corrected chi connectivity index (χ2v) is 4.22. The van der Waals surface area contributed by atoms with Crippen molar-refractivity contribution in [2.45, 2.75) is 13.0 Å². The molecule has 2 aromatic rings. The van der Waals surface area contributed by atoms with Crippen LogP contribution in [-0.4, -0.2) is 29.9 Å². The van der Waals surface area contributed by atoms with Crippen LogP contribution in [0, 0.1) is 0 Å². The van der Waals surface area contributed by atoms with Gasteiger partial charge in [0.2, 0.25) is 5.91 Å². The van der Waals surface area contributed by atoms with Gasteiger partial charge in [-0.1, -0.05) is 0 Å². The summed E-state index contributed by atoms with van der Waals surface area (Å²) in [6, 6.07) is 6.60. The molecule has 0 aliphatic carbocycles. The Labute approximate surface area is 117 Å². The summed E-state index contributed by atoms with van der Waals surface area (Å²) >= 11 is 0. The van der Waals surface area contributed by atoms with Gasteiger partial charge in [0.1, 0.15) is 6.04 Å². The monoisotopic (exact) mass is 275 g/mol. The van der Waals surface area contributed by atoms with Gasteiger partial charge in [-0.3, -0.25) is 9.48 Å². The van der Waals surface area contributed by atoms with E-state index in [1.165, 1.54) is 0 Å². The number of hydrogen-bond donors (Lipinski definition) is 1. The van der Waals surface area contributed by atoms with E-state index in [2.05, 4.69) is 10.4 Å². The smallest absolute Gasteiger partial charge is 0.248 e.